The minimum absolute atomic E-state index is 0.00393. The summed E-state index contributed by atoms with van der Waals surface area (Å²) in [6, 6.07) is 8.18. The molecule has 0 radical (unpaired) electrons. The lowest BCUT2D eigenvalue weighted by molar-refractivity contribution is -0.0501. The summed E-state index contributed by atoms with van der Waals surface area (Å²) in [6.07, 6.45) is 0. The summed E-state index contributed by atoms with van der Waals surface area (Å²) in [5.41, 5.74) is -0.0875. The van der Waals surface area contributed by atoms with Crippen LogP contribution >= 0.6 is 0 Å². The van der Waals surface area contributed by atoms with Gasteiger partial charge in [-0.2, -0.15) is 8.78 Å². The molecule has 0 fully saturated rings. The van der Waals surface area contributed by atoms with Gasteiger partial charge in [-0.15, -0.1) is 0 Å². The number of alkyl halides is 2. The lowest BCUT2D eigenvalue weighted by Crippen LogP contribution is -2.17. The van der Waals surface area contributed by atoms with E-state index in [0.717, 1.165) is 0 Å². The van der Waals surface area contributed by atoms with Crippen molar-refractivity contribution in [3.8, 4) is 17.2 Å². The smallest absolute Gasteiger partial charge is 0.387 e. The van der Waals surface area contributed by atoms with E-state index in [1.54, 1.807) is 0 Å². The van der Waals surface area contributed by atoms with E-state index in [1.807, 2.05) is 0 Å². The van der Waals surface area contributed by atoms with Crippen LogP contribution in [-0.2, 0) is 4.74 Å². The number of carbonyl (C=O) groups is 2. The van der Waals surface area contributed by atoms with Gasteiger partial charge in [0.25, 0.3) is 5.91 Å². The highest BCUT2D eigenvalue weighted by atomic mass is 19.3. The van der Waals surface area contributed by atoms with E-state index >= 15 is 0 Å². The number of halogens is 2. The van der Waals surface area contributed by atoms with Crippen LogP contribution in [0.25, 0.3) is 0 Å². The molecule has 144 valence electrons. The van der Waals surface area contributed by atoms with E-state index in [2.05, 4.69) is 10.1 Å². The molecule has 9 heteroatoms. The summed E-state index contributed by atoms with van der Waals surface area (Å²) in [5, 5.41) is 2.48. The third kappa shape index (κ3) is 4.63. The first-order valence-corrected chi connectivity index (χ1v) is 7.60. The Morgan fingerprint density at radius 2 is 1.56 bits per heavy atom. The highest BCUT2D eigenvalue weighted by molar-refractivity contribution is 6.09. The monoisotopic (exact) mass is 381 g/mol. The average Bonchev–Trinajstić information content (AvgIpc) is 2.66. The highest BCUT2D eigenvalue weighted by Gasteiger charge is 2.21. The largest absolute Gasteiger partial charge is 0.493 e. The Balaban J connectivity index is 2.44. The molecule has 1 amide bonds. The SMILES string of the molecule is COC(=O)c1cc(OC)c(OC)cc1NC(=O)c1ccccc1OC(F)F. The predicted octanol–water partition coefficient (Wildman–Crippen LogP) is 3.34. The fourth-order valence-electron chi connectivity index (χ4n) is 2.30. The van der Waals surface area contributed by atoms with E-state index in [-0.39, 0.29) is 34.1 Å². The second-order valence-corrected chi connectivity index (χ2v) is 5.07. The van der Waals surface area contributed by atoms with E-state index in [1.165, 1.54) is 57.7 Å². The van der Waals surface area contributed by atoms with Crippen LogP contribution < -0.4 is 19.5 Å². The predicted molar refractivity (Wildman–Crippen MR) is 91.9 cm³/mol. The zero-order chi connectivity index (χ0) is 20.0. The number of hydrogen-bond acceptors (Lipinski definition) is 6. The molecule has 0 atom stereocenters. The quantitative estimate of drug-likeness (QED) is 0.741. The molecule has 1 N–H and O–H groups in total. The van der Waals surface area contributed by atoms with Crippen LogP contribution in [0.3, 0.4) is 0 Å². The van der Waals surface area contributed by atoms with Crippen molar-refractivity contribution in [3.05, 3.63) is 47.5 Å². The van der Waals surface area contributed by atoms with Gasteiger partial charge in [-0.3, -0.25) is 4.79 Å². The summed E-state index contributed by atoms with van der Waals surface area (Å²) < 4.78 is 44.4. The summed E-state index contributed by atoms with van der Waals surface area (Å²) in [4.78, 5) is 24.6. The fourth-order valence-corrected chi connectivity index (χ4v) is 2.30. The summed E-state index contributed by atoms with van der Waals surface area (Å²) >= 11 is 0. The number of benzene rings is 2. The number of amides is 1. The van der Waals surface area contributed by atoms with Crippen LogP contribution in [0.15, 0.2) is 36.4 Å². The first-order chi connectivity index (χ1) is 12.9. The first-order valence-electron chi connectivity index (χ1n) is 7.60. The van der Waals surface area contributed by atoms with Gasteiger partial charge in [-0.25, -0.2) is 4.79 Å². The van der Waals surface area contributed by atoms with Gasteiger partial charge in [0.05, 0.1) is 38.1 Å². The van der Waals surface area contributed by atoms with Crippen molar-refractivity contribution in [3.63, 3.8) is 0 Å². The molecule has 0 saturated carbocycles. The molecular weight excluding hydrogens is 364 g/mol. The summed E-state index contributed by atoms with van der Waals surface area (Å²) in [6.45, 7) is -3.09. The number of anilines is 1. The molecule has 0 spiro atoms. The Morgan fingerprint density at radius 1 is 0.926 bits per heavy atom. The molecule has 0 heterocycles. The van der Waals surface area contributed by atoms with Crippen LogP contribution in [0.5, 0.6) is 17.2 Å². The number of nitrogens with one attached hydrogen (secondary N) is 1. The van der Waals surface area contributed by atoms with Crippen molar-refractivity contribution in [2.75, 3.05) is 26.6 Å². The molecule has 0 aliphatic rings. The molecule has 2 aromatic rings. The Hall–Kier alpha value is -3.36. The second kappa shape index (κ2) is 8.84. The number of esters is 1. The van der Waals surface area contributed by atoms with Gasteiger partial charge >= 0.3 is 12.6 Å². The van der Waals surface area contributed by atoms with Gasteiger partial charge in [0.2, 0.25) is 0 Å². The van der Waals surface area contributed by atoms with Crippen molar-refractivity contribution < 1.29 is 37.3 Å². The molecule has 2 rings (SSSR count). The van der Waals surface area contributed by atoms with Crippen LogP contribution in [-0.4, -0.2) is 39.8 Å². The molecule has 0 aliphatic carbocycles. The van der Waals surface area contributed by atoms with Crippen LogP contribution in [0.1, 0.15) is 20.7 Å². The maximum Gasteiger partial charge on any atom is 0.387 e. The van der Waals surface area contributed by atoms with Crippen molar-refractivity contribution >= 4 is 17.6 Å². The van der Waals surface area contributed by atoms with Crippen molar-refractivity contribution in [2.45, 2.75) is 6.61 Å². The van der Waals surface area contributed by atoms with E-state index in [0.29, 0.717) is 0 Å². The molecule has 2 aromatic carbocycles. The molecule has 7 nitrogen and oxygen atoms in total. The van der Waals surface area contributed by atoms with E-state index in [9.17, 15) is 18.4 Å². The Labute approximate surface area is 153 Å². The maximum absolute atomic E-state index is 12.6. The number of hydrogen-bond donors (Lipinski definition) is 1. The fraction of sp³-hybridized carbons (Fsp3) is 0.222. The van der Waals surface area contributed by atoms with E-state index < -0.39 is 18.5 Å². The first kappa shape index (κ1) is 20.0. The molecule has 0 bridgehead atoms. The third-order valence-corrected chi connectivity index (χ3v) is 3.52. The van der Waals surface area contributed by atoms with Crippen molar-refractivity contribution in [1.82, 2.24) is 0 Å². The van der Waals surface area contributed by atoms with Gasteiger partial charge in [0, 0.05) is 12.1 Å². The molecule has 0 aromatic heterocycles. The standard InChI is InChI=1S/C18H17F2NO6/c1-24-14-8-11(17(23)26-3)12(9-15(14)25-2)21-16(22)10-6-4-5-7-13(10)27-18(19)20/h4-9,18H,1-3H3,(H,21,22). The summed E-state index contributed by atoms with van der Waals surface area (Å²) in [7, 11) is 3.94. The van der Waals surface area contributed by atoms with Gasteiger partial charge in [-0.05, 0) is 12.1 Å². The average molecular weight is 381 g/mol. The lowest BCUT2D eigenvalue weighted by atomic mass is 10.1. The van der Waals surface area contributed by atoms with Crippen LogP contribution in [0, 0.1) is 0 Å². The van der Waals surface area contributed by atoms with Crippen LogP contribution in [0.4, 0.5) is 14.5 Å². The van der Waals surface area contributed by atoms with Crippen LogP contribution in [0.2, 0.25) is 0 Å². The van der Waals surface area contributed by atoms with Crippen molar-refractivity contribution in [1.29, 1.82) is 0 Å². The number of ether oxygens (including phenoxy) is 4. The summed E-state index contributed by atoms with van der Waals surface area (Å²) in [5.74, 6) is -1.30. The van der Waals surface area contributed by atoms with Gasteiger partial charge in [-0.1, -0.05) is 12.1 Å². The minimum atomic E-state index is -3.09. The zero-order valence-electron chi connectivity index (χ0n) is 14.7. The topological polar surface area (TPSA) is 83.1 Å². The molecule has 0 aliphatic heterocycles. The Morgan fingerprint density at radius 3 is 2.15 bits per heavy atom. The zero-order valence-corrected chi connectivity index (χ0v) is 14.7. The number of carbonyl (C=O) groups excluding carboxylic acids is 2. The Kier molecular flexibility index (Phi) is 6.53. The maximum atomic E-state index is 12.6. The number of para-hydroxylation sites is 1. The van der Waals surface area contributed by atoms with E-state index in [4.69, 9.17) is 14.2 Å². The number of methoxy groups -OCH3 is 3. The van der Waals surface area contributed by atoms with Gasteiger partial charge in [0.15, 0.2) is 11.5 Å². The number of rotatable bonds is 7. The normalized spacial score (nSPS) is 10.3. The molecule has 27 heavy (non-hydrogen) atoms. The molecule has 0 saturated heterocycles. The molecule has 0 unspecified atom stereocenters. The lowest BCUT2D eigenvalue weighted by Gasteiger charge is -2.15. The van der Waals surface area contributed by atoms with Crippen molar-refractivity contribution in [2.24, 2.45) is 0 Å². The minimum Gasteiger partial charge on any atom is -0.493 e. The van der Waals surface area contributed by atoms with Gasteiger partial charge in [0.1, 0.15) is 5.75 Å². The highest BCUT2D eigenvalue weighted by Crippen LogP contribution is 2.34. The molecular formula is C18H17F2NO6. The second-order valence-electron chi connectivity index (χ2n) is 5.07. The Bertz CT molecular complexity index is 841. The van der Waals surface area contributed by atoms with Gasteiger partial charge < -0.3 is 24.3 Å². The third-order valence-electron chi connectivity index (χ3n) is 3.52.